The molecule has 0 bridgehead atoms. The number of halogens is 5. The fourth-order valence-electron chi connectivity index (χ4n) is 4.26. The lowest BCUT2D eigenvalue weighted by molar-refractivity contribution is -0.275. The van der Waals surface area contributed by atoms with Crippen LogP contribution in [0.1, 0.15) is 37.1 Å². The Bertz CT molecular complexity index is 1250. The smallest absolute Gasteiger partial charge is 0.417 e. The van der Waals surface area contributed by atoms with Crippen LogP contribution in [0, 0.1) is 17.6 Å². The number of rotatable bonds is 3. The molecule has 0 unspecified atom stereocenters. The van der Waals surface area contributed by atoms with Gasteiger partial charge in [0.2, 0.25) is 5.82 Å². The maximum atomic E-state index is 14.4. The molecule has 0 amide bonds. The van der Waals surface area contributed by atoms with Gasteiger partial charge >= 0.3 is 6.18 Å². The van der Waals surface area contributed by atoms with Crippen LogP contribution < -0.4 is 10.2 Å². The average molecular weight is 455 g/mol. The van der Waals surface area contributed by atoms with Crippen molar-refractivity contribution >= 4 is 10.9 Å². The normalized spacial score (nSPS) is 25.9. The SMILES string of the molecule is COc1c([C@H]2[C@H](c3cc(=O)c4cnncc4[nH]3)O[C@@](C)(C(F)(F)F)[C@H]2C)ccc(F)c1F. The summed E-state index contributed by atoms with van der Waals surface area (Å²) in [7, 11) is 1.09. The van der Waals surface area contributed by atoms with E-state index in [4.69, 9.17) is 9.47 Å². The van der Waals surface area contributed by atoms with E-state index in [9.17, 15) is 26.7 Å². The molecule has 3 aromatic rings. The summed E-state index contributed by atoms with van der Waals surface area (Å²) in [5.41, 5.74) is -2.87. The Balaban J connectivity index is 1.96. The molecule has 0 saturated carbocycles. The van der Waals surface area contributed by atoms with E-state index < -0.39 is 52.5 Å². The zero-order valence-corrected chi connectivity index (χ0v) is 17.1. The summed E-state index contributed by atoms with van der Waals surface area (Å²) in [6.07, 6.45) is -3.64. The van der Waals surface area contributed by atoms with Crippen molar-refractivity contribution in [2.75, 3.05) is 7.11 Å². The van der Waals surface area contributed by atoms with E-state index >= 15 is 0 Å². The lowest BCUT2D eigenvalue weighted by Gasteiger charge is -2.32. The Morgan fingerprint density at radius 1 is 1.19 bits per heavy atom. The number of methoxy groups -OCH3 is 1. The van der Waals surface area contributed by atoms with Crippen molar-refractivity contribution in [1.29, 1.82) is 0 Å². The molecule has 32 heavy (non-hydrogen) atoms. The van der Waals surface area contributed by atoms with Gasteiger partial charge in [0, 0.05) is 29.2 Å². The Kier molecular flexibility index (Phi) is 5.19. The van der Waals surface area contributed by atoms with Crippen LogP contribution >= 0.6 is 0 Å². The highest BCUT2D eigenvalue weighted by Crippen LogP contribution is 2.59. The Morgan fingerprint density at radius 2 is 1.88 bits per heavy atom. The number of aromatic amines is 1. The molecule has 6 nitrogen and oxygen atoms in total. The number of nitrogens with one attached hydrogen (secondary N) is 1. The Labute approximate surface area is 178 Å². The molecule has 170 valence electrons. The summed E-state index contributed by atoms with van der Waals surface area (Å²) in [5, 5.41) is 7.50. The standard InChI is InChI=1S/C21H18F5N3O3/c1-9-16(10-4-5-12(22)17(23)18(10)31-3)19(32-20(9,2)21(24,25)26)13-6-15(30)11-7-27-28-8-14(11)29-13/h4-9,16,19H,1-3H3,(H,29,30)/t9-,16-,19-,20+/m0/s1. The number of hydrogen-bond donors (Lipinski definition) is 1. The van der Waals surface area contributed by atoms with Gasteiger partial charge in [-0.05, 0) is 13.0 Å². The number of pyridine rings is 1. The predicted octanol–water partition coefficient (Wildman–Crippen LogP) is 4.42. The van der Waals surface area contributed by atoms with Crippen molar-refractivity contribution < 1.29 is 31.4 Å². The van der Waals surface area contributed by atoms with Gasteiger partial charge in [-0.15, -0.1) is 0 Å². The molecule has 1 aromatic carbocycles. The topological polar surface area (TPSA) is 77.1 Å². The van der Waals surface area contributed by atoms with Crippen LogP contribution in [-0.4, -0.2) is 34.1 Å². The lowest BCUT2D eigenvalue weighted by Crippen LogP contribution is -2.46. The molecule has 1 aliphatic heterocycles. The molecule has 1 saturated heterocycles. The summed E-state index contributed by atoms with van der Waals surface area (Å²) < 4.78 is 80.9. The number of nitrogens with zero attached hydrogens (tertiary/aromatic N) is 2. The van der Waals surface area contributed by atoms with Crippen LogP contribution in [0.5, 0.6) is 5.75 Å². The van der Waals surface area contributed by atoms with Gasteiger partial charge in [0.05, 0.1) is 30.4 Å². The van der Waals surface area contributed by atoms with Gasteiger partial charge < -0.3 is 14.5 Å². The second-order valence-corrected chi connectivity index (χ2v) is 7.85. The molecule has 1 N–H and O–H groups in total. The molecule has 4 atom stereocenters. The first-order chi connectivity index (χ1) is 15.0. The number of H-pyrrole nitrogens is 1. The maximum Gasteiger partial charge on any atom is 0.417 e. The van der Waals surface area contributed by atoms with Gasteiger partial charge in [-0.1, -0.05) is 13.0 Å². The van der Waals surface area contributed by atoms with E-state index in [0.717, 1.165) is 26.2 Å². The van der Waals surface area contributed by atoms with Gasteiger partial charge in [-0.3, -0.25) is 4.79 Å². The minimum absolute atomic E-state index is 0.00863. The highest BCUT2D eigenvalue weighted by atomic mass is 19.4. The second kappa shape index (κ2) is 7.51. The van der Waals surface area contributed by atoms with Crippen molar-refractivity contribution in [1.82, 2.24) is 15.2 Å². The molecule has 0 spiro atoms. The van der Waals surface area contributed by atoms with Gasteiger partial charge in [0.1, 0.15) is 6.10 Å². The minimum Gasteiger partial charge on any atom is -0.493 e. The van der Waals surface area contributed by atoms with Crippen molar-refractivity contribution in [3.63, 3.8) is 0 Å². The monoisotopic (exact) mass is 455 g/mol. The largest absolute Gasteiger partial charge is 0.493 e. The first-order valence-electron chi connectivity index (χ1n) is 9.59. The first kappa shape index (κ1) is 22.1. The third kappa shape index (κ3) is 3.22. The first-order valence-corrected chi connectivity index (χ1v) is 9.59. The molecule has 2 aromatic heterocycles. The molecule has 0 radical (unpaired) electrons. The molecule has 1 aliphatic rings. The fraction of sp³-hybridized carbons (Fsp3) is 0.381. The van der Waals surface area contributed by atoms with Crippen LogP contribution in [0.2, 0.25) is 0 Å². The van der Waals surface area contributed by atoms with Crippen molar-refractivity contribution in [2.45, 2.75) is 37.6 Å². The molecule has 11 heteroatoms. The number of ether oxygens (including phenoxy) is 2. The molecular weight excluding hydrogens is 437 g/mol. The van der Waals surface area contributed by atoms with Crippen LogP contribution in [0.25, 0.3) is 10.9 Å². The van der Waals surface area contributed by atoms with Crippen molar-refractivity contribution in [2.24, 2.45) is 5.92 Å². The van der Waals surface area contributed by atoms with E-state index in [-0.39, 0.29) is 22.2 Å². The summed E-state index contributed by atoms with van der Waals surface area (Å²) in [4.78, 5) is 15.4. The van der Waals surface area contributed by atoms with E-state index in [2.05, 4.69) is 15.2 Å². The summed E-state index contributed by atoms with van der Waals surface area (Å²) in [5.74, 6) is -5.42. The molecular formula is C21H18F5N3O3. The van der Waals surface area contributed by atoms with E-state index in [1.807, 2.05) is 0 Å². The number of benzene rings is 1. The van der Waals surface area contributed by atoms with E-state index in [1.165, 1.54) is 25.4 Å². The fourth-order valence-corrected chi connectivity index (χ4v) is 4.26. The van der Waals surface area contributed by atoms with Crippen LogP contribution in [0.3, 0.4) is 0 Å². The number of alkyl halides is 3. The van der Waals surface area contributed by atoms with Crippen LogP contribution in [0.15, 0.2) is 35.4 Å². The number of fused-ring (bicyclic) bond motifs is 1. The van der Waals surface area contributed by atoms with Crippen molar-refractivity contribution in [3.05, 3.63) is 63.7 Å². The zero-order valence-electron chi connectivity index (χ0n) is 17.1. The van der Waals surface area contributed by atoms with Crippen LogP contribution in [0.4, 0.5) is 22.0 Å². The maximum absolute atomic E-state index is 14.4. The summed E-state index contributed by atoms with van der Waals surface area (Å²) >= 11 is 0. The van der Waals surface area contributed by atoms with E-state index in [1.54, 1.807) is 0 Å². The molecule has 4 rings (SSSR count). The zero-order chi connectivity index (χ0) is 23.4. The lowest BCUT2D eigenvalue weighted by atomic mass is 9.76. The van der Waals surface area contributed by atoms with Gasteiger partial charge in [0.25, 0.3) is 0 Å². The number of aromatic nitrogens is 3. The van der Waals surface area contributed by atoms with Gasteiger partial charge in [0.15, 0.2) is 22.6 Å². The molecule has 3 heterocycles. The quantitative estimate of drug-likeness (QED) is 0.592. The third-order valence-corrected chi connectivity index (χ3v) is 6.18. The highest BCUT2D eigenvalue weighted by molar-refractivity contribution is 5.76. The Hall–Kier alpha value is -3.08. The highest BCUT2D eigenvalue weighted by Gasteiger charge is 2.65. The average Bonchev–Trinajstić information content (AvgIpc) is 3.02. The summed E-state index contributed by atoms with van der Waals surface area (Å²) in [6.45, 7) is 2.20. The predicted molar refractivity (Wildman–Crippen MR) is 103 cm³/mol. The Morgan fingerprint density at radius 3 is 2.53 bits per heavy atom. The van der Waals surface area contributed by atoms with Crippen molar-refractivity contribution in [3.8, 4) is 5.75 Å². The van der Waals surface area contributed by atoms with E-state index in [0.29, 0.717) is 0 Å². The third-order valence-electron chi connectivity index (χ3n) is 6.18. The second-order valence-electron chi connectivity index (χ2n) is 7.85. The molecule has 0 aliphatic carbocycles. The van der Waals surface area contributed by atoms with Crippen LogP contribution in [-0.2, 0) is 4.74 Å². The minimum atomic E-state index is -4.78. The summed E-state index contributed by atoms with van der Waals surface area (Å²) in [6, 6.07) is 3.10. The molecule has 1 fully saturated rings. The number of hydrogen-bond acceptors (Lipinski definition) is 5. The van der Waals surface area contributed by atoms with Gasteiger partial charge in [-0.25, -0.2) is 4.39 Å². The van der Waals surface area contributed by atoms with Gasteiger partial charge in [-0.2, -0.15) is 27.8 Å².